The quantitative estimate of drug-likeness (QED) is 0.912. The number of amides is 1. The number of carbonyl (C=O) groups is 1. The molecule has 1 amide bonds. The number of piperidine rings is 1. The molecule has 1 N–H and O–H groups in total. The highest BCUT2D eigenvalue weighted by Crippen LogP contribution is 2.20. The zero-order chi connectivity index (χ0) is 13.0. The fourth-order valence-corrected chi connectivity index (χ4v) is 2.36. The van der Waals surface area contributed by atoms with Crippen molar-refractivity contribution >= 4 is 23.2 Å². The molecule has 0 unspecified atom stereocenters. The molecule has 0 radical (unpaired) electrons. The fourth-order valence-electron chi connectivity index (χ4n) is 2.18. The minimum absolute atomic E-state index is 0.0117. The molecule has 1 aromatic rings. The first kappa shape index (κ1) is 13.4. The maximum Gasteiger partial charge on any atom is 0.238 e. The SMILES string of the molecule is CC1CCN(CC(=O)Nc2ccccc2Cl)CC1. The van der Waals surface area contributed by atoms with Gasteiger partial charge >= 0.3 is 0 Å². The lowest BCUT2D eigenvalue weighted by atomic mass is 9.99. The second kappa shape index (κ2) is 6.21. The summed E-state index contributed by atoms with van der Waals surface area (Å²) in [7, 11) is 0. The minimum Gasteiger partial charge on any atom is -0.324 e. The van der Waals surface area contributed by atoms with Gasteiger partial charge in [0.05, 0.1) is 17.3 Å². The molecule has 1 heterocycles. The molecule has 1 aromatic carbocycles. The standard InChI is InChI=1S/C14H19ClN2O/c1-11-6-8-17(9-7-11)10-14(18)16-13-5-3-2-4-12(13)15/h2-5,11H,6-10H2,1H3,(H,16,18). The second-order valence-corrected chi connectivity index (χ2v) is 5.39. The third-order valence-electron chi connectivity index (χ3n) is 3.39. The number of anilines is 1. The Bertz CT molecular complexity index is 414. The van der Waals surface area contributed by atoms with Crippen LogP contribution in [0.5, 0.6) is 0 Å². The summed E-state index contributed by atoms with van der Waals surface area (Å²) in [6, 6.07) is 7.31. The molecule has 0 aliphatic carbocycles. The fraction of sp³-hybridized carbons (Fsp3) is 0.500. The molecule has 1 saturated heterocycles. The Kier molecular flexibility index (Phi) is 4.61. The molecule has 1 aliphatic rings. The molecule has 3 nitrogen and oxygen atoms in total. The van der Waals surface area contributed by atoms with Gasteiger partial charge in [0.15, 0.2) is 0 Å². The molecule has 18 heavy (non-hydrogen) atoms. The van der Waals surface area contributed by atoms with Gasteiger partial charge in [0, 0.05) is 0 Å². The summed E-state index contributed by atoms with van der Waals surface area (Å²) in [6.07, 6.45) is 2.36. The van der Waals surface area contributed by atoms with E-state index in [1.54, 1.807) is 6.07 Å². The van der Waals surface area contributed by atoms with Crippen LogP contribution in [0.1, 0.15) is 19.8 Å². The number of halogens is 1. The van der Waals surface area contributed by atoms with Gasteiger partial charge in [0.2, 0.25) is 5.91 Å². The summed E-state index contributed by atoms with van der Waals surface area (Å²) in [5, 5.41) is 3.44. The van der Waals surface area contributed by atoms with Crippen LogP contribution in [0.25, 0.3) is 0 Å². The largest absolute Gasteiger partial charge is 0.324 e. The Labute approximate surface area is 113 Å². The van der Waals surface area contributed by atoms with Crippen LogP contribution in [-0.4, -0.2) is 30.4 Å². The Morgan fingerprint density at radius 1 is 1.39 bits per heavy atom. The van der Waals surface area contributed by atoms with E-state index >= 15 is 0 Å². The first-order chi connectivity index (χ1) is 8.65. The molecule has 0 atom stereocenters. The van der Waals surface area contributed by atoms with Crippen molar-refractivity contribution in [2.45, 2.75) is 19.8 Å². The summed E-state index contributed by atoms with van der Waals surface area (Å²) in [4.78, 5) is 14.1. The van der Waals surface area contributed by atoms with Crippen molar-refractivity contribution in [3.05, 3.63) is 29.3 Å². The van der Waals surface area contributed by atoms with E-state index in [0.717, 1.165) is 19.0 Å². The number of hydrogen-bond acceptors (Lipinski definition) is 2. The van der Waals surface area contributed by atoms with E-state index in [0.29, 0.717) is 17.3 Å². The molecule has 0 bridgehead atoms. The van der Waals surface area contributed by atoms with Crippen LogP contribution in [0, 0.1) is 5.92 Å². The topological polar surface area (TPSA) is 32.3 Å². The van der Waals surface area contributed by atoms with Gasteiger partial charge in [-0.3, -0.25) is 9.69 Å². The lowest BCUT2D eigenvalue weighted by molar-refractivity contribution is -0.117. The van der Waals surface area contributed by atoms with Crippen LogP contribution in [-0.2, 0) is 4.79 Å². The Morgan fingerprint density at radius 2 is 2.06 bits per heavy atom. The molecule has 4 heteroatoms. The Balaban J connectivity index is 1.84. The number of para-hydroxylation sites is 1. The zero-order valence-corrected chi connectivity index (χ0v) is 11.4. The van der Waals surface area contributed by atoms with E-state index < -0.39 is 0 Å². The number of carbonyl (C=O) groups excluding carboxylic acids is 1. The van der Waals surface area contributed by atoms with Crippen LogP contribution in [0.15, 0.2) is 24.3 Å². The van der Waals surface area contributed by atoms with E-state index in [4.69, 9.17) is 11.6 Å². The summed E-state index contributed by atoms with van der Waals surface area (Å²) >= 11 is 6.00. The predicted molar refractivity (Wildman–Crippen MR) is 74.9 cm³/mol. The number of rotatable bonds is 3. The van der Waals surface area contributed by atoms with Gasteiger partial charge in [-0.2, -0.15) is 0 Å². The molecule has 0 aromatic heterocycles. The number of nitrogens with zero attached hydrogens (tertiary/aromatic N) is 1. The highest BCUT2D eigenvalue weighted by atomic mass is 35.5. The second-order valence-electron chi connectivity index (χ2n) is 4.99. The van der Waals surface area contributed by atoms with E-state index in [9.17, 15) is 4.79 Å². The van der Waals surface area contributed by atoms with E-state index in [-0.39, 0.29) is 5.91 Å². The summed E-state index contributed by atoms with van der Waals surface area (Å²) in [6.45, 7) is 4.74. The van der Waals surface area contributed by atoms with Gasteiger partial charge in [-0.05, 0) is 44.0 Å². The minimum atomic E-state index is 0.0117. The Morgan fingerprint density at radius 3 is 2.72 bits per heavy atom. The van der Waals surface area contributed by atoms with Crippen molar-refractivity contribution in [1.29, 1.82) is 0 Å². The highest BCUT2D eigenvalue weighted by Gasteiger charge is 2.18. The molecule has 0 saturated carbocycles. The van der Waals surface area contributed by atoms with Gasteiger partial charge in [0.1, 0.15) is 0 Å². The predicted octanol–water partition coefficient (Wildman–Crippen LogP) is 3.01. The summed E-state index contributed by atoms with van der Waals surface area (Å²) in [5.41, 5.74) is 0.689. The third kappa shape index (κ3) is 3.72. The third-order valence-corrected chi connectivity index (χ3v) is 3.72. The van der Waals surface area contributed by atoms with Crippen LogP contribution in [0.3, 0.4) is 0 Å². The van der Waals surface area contributed by atoms with E-state index in [2.05, 4.69) is 17.1 Å². The lowest BCUT2D eigenvalue weighted by Crippen LogP contribution is -2.38. The Hall–Kier alpha value is -1.06. The van der Waals surface area contributed by atoms with E-state index in [1.807, 2.05) is 18.2 Å². The van der Waals surface area contributed by atoms with Crippen molar-refractivity contribution in [3.8, 4) is 0 Å². The van der Waals surface area contributed by atoms with Crippen molar-refractivity contribution in [2.24, 2.45) is 5.92 Å². The first-order valence-corrected chi connectivity index (χ1v) is 6.79. The maximum absolute atomic E-state index is 11.9. The first-order valence-electron chi connectivity index (χ1n) is 6.42. The molecule has 0 spiro atoms. The lowest BCUT2D eigenvalue weighted by Gasteiger charge is -2.29. The monoisotopic (exact) mass is 266 g/mol. The van der Waals surface area contributed by atoms with Crippen LogP contribution in [0.4, 0.5) is 5.69 Å². The van der Waals surface area contributed by atoms with Crippen molar-refractivity contribution in [1.82, 2.24) is 4.90 Å². The zero-order valence-electron chi connectivity index (χ0n) is 10.7. The van der Waals surface area contributed by atoms with Crippen LogP contribution >= 0.6 is 11.6 Å². The van der Waals surface area contributed by atoms with Gasteiger partial charge in [-0.25, -0.2) is 0 Å². The van der Waals surface area contributed by atoms with Crippen molar-refractivity contribution in [2.75, 3.05) is 25.0 Å². The van der Waals surface area contributed by atoms with E-state index in [1.165, 1.54) is 12.8 Å². The van der Waals surface area contributed by atoms with Crippen LogP contribution in [0.2, 0.25) is 5.02 Å². The smallest absolute Gasteiger partial charge is 0.238 e. The average Bonchev–Trinajstić information content (AvgIpc) is 2.35. The molecule has 1 fully saturated rings. The number of nitrogens with one attached hydrogen (secondary N) is 1. The number of benzene rings is 1. The maximum atomic E-state index is 11.9. The highest BCUT2D eigenvalue weighted by molar-refractivity contribution is 6.33. The van der Waals surface area contributed by atoms with Crippen molar-refractivity contribution in [3.63, 3.8) is 0 Å². The van der Waals surface area contributed by atoms with Gasteiger partial charge in [0.25, 0.3) is 0 Å². The summed E-state index contributed by atoms with van der Waals surface area (Å²) in [5.74, 6) is 0.797. The van der Waals surface area contributed by atoms with Crippen LogP contribution < -0.4 is 5.32 Å². The molecule has 1 aliphatic heterocycles. The normalized spacial score (nSPS) is 17.7. The number of hydrogen-bond donors (Lipinski definition) is 1. The number of likely N-dealkylation sites (tertiary alicyclic amines) is 1. The average molecular weight is 267 g/mol. The summed E-state index contributed by atoms with van der Waals surface area (Å²) < 4.78 is 0. The molecule has 98 valence electrons. The molecular weight excluding hydrogens is 248 g/mol. The van der Waals surface area contributed by atoms with Gasteiger partial charge in [-0.15, -0.1) is 0 Å². The molecule has 2 rings (SSSR count). The van der Waals surface area contributed by atoms with Crippen molar-refractivity contribution < 1.29 is 4.79 Å². The molecular formula is C14H19ClN2O. The van der Waals surface area contributed by atoms with Gasteiger partial charge < -0.3 is 5.32 Å². The van der Waals surface area contributed by atoms with Gasteiger partial charge in [-0.1, -0.05) is 30.7 Å².